The van der Waals surface area contributed by atoms with Crippen LogP contribution in [0.2, 0.25) is 0 Å². The lowest BCUT2D eigenvalue weighted by Crippen LogP contribution is -2.46. The molecule has 0 fully saturated rings. The van der Waals surface area contributed by atoms with Crippen molar-refractivity contribution in [3.05, 3.63) is 107 Å². The Morgan fingerprint density at radius 3 is 2.41 bits per heavy atom. The maximum atomic E-state index is 5.86. The average Bonchev–Trinajstić information content (AvgIpc) is 3.31. The molecule has 1 N–H and O–H groups in total. The number of benzene rings is 3. The number of aryl methyl sites for hydroxylation is 3. The molecule has 1 aliphatic heterocycles. The van der Waals surface area contributed by atoms with E-state index in [4.69, 9.17) is 21.7 Å². The second-order valence-corrected chi connectivity index (χ2v) is 9.08. The molecule has 4 aromatic rings. The van der Waals surface area contributed by atoms with Gasteiger partial charge in [0.1, 0.15) is 0 Å². The molecule has 0 aliphatic carbocycles. The van der Waals surface area contributed by atoms with Crippen molar-refractivity contribution in [1.29, 1.82) is 0 Å². The summed E-state index contributed by atoms with van der Waals surface area (Å²) in [7, 11) is 0. The van der Waals surface area contributed by atoms with Gasteiger partial charge in [0.15, 0.2) is 5.11 Å². The van der Waals surface area contributed by atoms with Gasteiger partial charge in [-0.05, 0) is 74.3 Å². The van der Waals surface area contributed by atoms with E-state index in [0.29, 0.717) is 16.8 Å². The van der Waals surface area contributed by atoms with Gasteiger partial charge in [-0.3, -0.25) is 4.90 Å². The molecule has 34 heavy (non-hydrogen) atoms. The Bertz CT molecular complexity index is 1410. The van der Waals surface area contributed by atoms with Crippen molar-refractivity contribution in [2.75, 3.05) is 4.90 Å². The fourth-order valence-electron chi connectivity index (χ4n) is 4.33. The van der Waals surface area contributed by atoms with Crippen LogP contribution in [-0.4, -0.2) is 15.3 Å². The van der Waals surface area contributed by atoms with Crippen LogP contribution < -0.4 is 10.2 Å². The van der Waals surface area contributed by atoms with Crippen LogP contribution in [-0.2, 0) is 0 Å². The van der Waals surface area contributed by atoms with Gasteiger partial charge in [0.05, 0.1) is 11.6 Å². The summed E-state index contributed by atoms with van der Waals surface area (Å²) in [5, 5.41) is 8.47. The van der Waals surface area contributed by atoms with Gasteiger partial charge in [-0.25, -0.2) is 0 Å². The van der Waals surface area contributed by atoms with Crippen LogP contribution in [0.4, 0.5) is 5.69 Å². The number of nitrogens with one attached hydrogen (secondary N) is 1. The highest BCUT2D eigenvalue weighted by Crippen LogP contribution is 2.39. The third kappa shape index (κ3) is 4.01. The van der Waals surface area contributed by atoms with Gasteiger partial charge in [-0.2, -0.15) is 4.98 Å². The first-order valence-corrected chi connectivity index (χ1v) is 11.7. The topological polar surface area (TPSA) is 54.2 Å². The molecule has 5 rings (SSSR count). The van der Waals surface area contributed by atoms with E-state index in [2.05, 4.69) is 74.6 Å². The molecule has 1 aromatic heterocycles. The Morgan fingerprint density at radius 2 is 1.68 bits per heavy atom. The number of aromatic nitrogens is 2. The fraction of sp³-hybridized carbons (Fsp3) is 0.179. The van der Waals surface area contributed by atoms with Crippen molar-refractivity contribution in [1.82, 2.24) is 15.5 Å². The van der Waals surface area contributed by atoms with E-state index < -0.39 is 0 Å². The summed E-state index contributed by atoms with van der Waals surface area (Å²) in [6.45, 7) is 8.37. The summed E-state index contributed by atoms with van der Waals surface area (Å²) in [5.41, 5.74) is 8.50. The SMILES string of the molecule is CC1=C(c2nc(-c3ccccc3)no2)C(c2ccc(C)c(C)c2)NC(=S)N1c1cccc(C)c1. The zero-order chi connectivity index (χ0) is 23.8. The zero-order valence-electron chi connectivity index (χ0n) is 19.7. The first-order chi connectivity index (χ1) is 16.4. The number of rotatable bonds is 4. The van der Waals surface area contributed by atoms with Crippen LogP contribution in [0.25, 0.3) is 17.0 Å². The molecular weight excluding hydrogens is 440 g/mol. The van der Waals surface area contributed by atoms with Gasteiger partial charge < -0.3 is 9.84 Å². The zero-order valence-corrected chi connectivity index (χ0v) is 20.5. The summed E-state index contributed by atoms with van der Waals surface area (Å²) in [6.07, 6.45) is 0. The number of allylic oxidation sites excluding steroid dienone is 1. The Kier molecular flexibility index (Phi) is 5.75. The number of nitrogens with zero attached hydrogens (tertiary/aromatic N) is 3. The van der Waals surface area contributed by atoms with E-state index in [1.165, 1.54) is 11.1 Å². The maximum absolute atomic E-state index is 5.86. The molecule has 0 spiro atoms. The lowest BCUT2D eigenvalue weighted by molar-refractivity contribution is 0.404. The van der Waals surface area contributed by atoms with Gasteiger partial charge >= 0.3 is 0 Å². The monoisotopic (exact) mass is 466 g/mol. The molecular formula is C28H26N4OS. The first kappa shape index (κ1) is 22.0. The molecule has 0 radical (unpaired) electrons. The highest BCUT2D eigenvalue weighted by atomic mass is 32.1. The lowest BCUT2D eigenvalue weighted by atomic mass is 9.92. The van der Waals surface area contributed by atoms with Gasteiger partial charge in [-0.15, -0.1) is 0 Å². The summed E-state index contributed by atoms with van der Waals surface area (Å²) in [6, 6.07) is 24.4. The minimum Gasteiger partial charge on any atom is -0.351 e. The third-order valence-electron chi connectivity index (χ3n) is 6.30. The Hall–Kier alpha value is -3.77. The molecule has 5 nitrogen and oxygen atoms in total. The Morgan fingerprint density at radius 1 is 0.882 bits per heavy atom. The minimum absolute atomic E-state index is 0.211. The molecule has 0 saturated carbocycles. The molecule has 1 aliphatic rings. The minimum atomic E-state index is -0.211. The Labute approximate surface area is 205 Å². The number of hydrogen-bond donors (Lipinski definition) is 1. The van der Waals surface area contributed by atoms with Gasteiger partial charge in [0.2, 0.25) is 5.82 Å². The van der Waals surface area contributed by atoms with Crippen molar-refractivity contribution in [2.24, 2.45) is 0 Å². The van der Waals surface area contributed by atoms with Gasteiger partial charge in [-0.1, -0.05) is 65.8 Å². The van der Waals surface area contributed by atoms with Crippen LogP contribution in [0.5, 0.6) is 0 Å². The van der Waals surface area contributed by atoms with Gasteiger partial charge in [0, 0.05) is 16.9 Å². The normalized spacial score (nSPS) is 16.1. The van der Waals surface area contributed by atoms with Crippen LogP contribution >= 0.6 is 12.2 Å². The van der Waals surface area contributed by atoms with Crippen molar-refractivity contribution in [3.63, 3.8) is 0 Å². The maximum Gasteiger partial charge on any atom is 0.258 e. The third-order valence-corrected chi connectivity index (χ3v) is 6.60. The summed E-state index contributed by atoms with van der Waals surface area (Å²) in [5.74, 6) is 1.04. The van der Waals surface area contributed by atoms with Crippen LogP contribution in [0.3, 0.4) is 0 Å². The van der Waals surface area contributed by atoms with Crippen molar-refractivity contribution >= 4 is 28.6 Å². The highest BCUT2D eigenvalue weighted by Gasteiger charge is 2.35. The van der Waals surface area contributed by atoms with E-state index in [-0.39, 0.29) is 6.04 Å². The number of hydrogen-bond acceptors (Lipinski definition) is 4. The Balaban J connectivity index is 1.68. The van der Waals surface area contributed by atoms with Crippen molar-refractivity contribution in [3.8, 4) is 11.4 Å². The van der Waals surface area contributed by atoms with Crippen LogP contribution in [0.1, 0.15) is 41.1 Å². The average molecular weight is 467 g/mol. The van der Waals surface area contributed by atoms with E-state index in [1.54, 1.807) is 0 Å². The largest absolute Gasteiger partial charge is 0.351 e. The lowest BCUT2D eigenvalue weighted by Gasteiger charge is -2.37. The second kappa shape index (κ2) is 8.88. The van der Waals surface area contributed by atoms with Crippen LogP contribution in [0.15, 0.2) is 83.0 Å². The predicted molar refractivity (Wildman–Crippen MR) is 140 cm³/mol. The van der Waals surface area contributed by atoms with Crippen molar-refractivity contribution in [2.45, 2.75) is 33.7 Å². The molecule has 0 saturated heterocycles. The predicted octanol–water partition coefficient (Wildman–Crippen LogP) is 6.53. The van der Waals surface area contributed by atoms with Gasteiger partial charge in [0.25, 0.3) is 5.89 Å². The van der Waals surface area contributed by atoms with Crippen molar-refractivity contribution < 1.29 is 4.52 Å². The second-order valence-electron chi connectivity index (χ2n) is 8.69. The van der Waals surface area contributed by atoms with E-state index in [1.807, 2.05) is 41.3 Å². The molecule has 6 heteroatoms. The molecule has 2 heterocycles. The molecule has 1 atom stereocenters. The highest BCUT2D eigenvalue weighted by molar-refractivity contribution is 7.80. The van der Waals surface area contributed by atoms with E-state index >= 15 is 0 Å². The van der Waals surface area contributed by atoms with Crippen LogP contribution in [0, 0.1) is 20.8 Å². The number of thiocarbonyl (C=S) groups is 1. The molecule has 170 valence electrons. The molecule has 0 bridgehead atoms. The number of anilines is 1. The molecule has 1 unspecified atom stereocenters. The summed E-state index contributed by atoms with van der Waals surface area (Å²) < 4.78 is 5.85. The fourth-order valence-corrected chi connectivity index (χ4v) is 4.69. The first-order valence-electron chi connectivity index (χ1n) is 11.3. The molecule has 0 amide bonds. The van der Waals surface area contributed by atoms with E-state index in [0.717, 1.165) is 33.6 Å². The standard InChI is InChI=1S/C28H26N4OS/c1-17-9-8-12-23(15-17)32-20(4)24(27-30-26(31-33-27)21-10-6-5-7-11-21)25(29-28(32)34)22-14-13-18(2)19(3)16-22/h5-16,25H,1-4H3,(H,29,34). The molecule has 3 aromatic carbocycles. The van der Waals surface area contributed by atoms with E-state index in [9.17, 15) is 0 Å². The summed E-state index contributed by atoms with van der Waals surface area (Å²) in [4.78, 5) is 6.84. The smallest absolute Gasteiger partial charge is 0.258 e. The summed E-state index contributed by atoms with van der Waals surface area (Å²) >= 11 is 5.86. The quantitative estimate of drug-likeness (QED) is 0.345.